The monoisotopic (exact) mass is 355 g/mol. The van der Waals surface area contributed by atoms with Crippen LogP contribution in [0.2, 0.25) is 5.02 Å². The molecular weight excluding hydrogens is 344 g/mol. The van der Waals surface area contributed by atoms with Crippen LogP contribution in [0.25, 0.3) is 0 Å². The number of esters is 1. The fourth-order valence-electron chi connectivity index (χ4n) is 1.66. The number of carbonyl (C=O) groups is 2. The number of rotatable bonds is 6. The van der Waals surface area contributed by atoms with E-state index in [0.717, 1.165) is 18.2 Å². The first-order chi connectivity index (χ1) is 11.4. The molecule has 0 saturated heterocycles. The third-order valence-corrected chi connectivity index (χ3v) is 3.03. The number of nitrogens with one attached hydrogen (secondary N) is 1. The summed E-state index contributed by atoms with van der Waals surface area (Å²) in [6, 6.07) is 8.68. The quantitative estimate of drug-likeness (QED) is 0.808. The number of benzene rings is 2. The zero-order chi connectivity index (χ0) is 17.5. The Morgan fingerprint density at radius 2 is 1.79 bits per heavy atom. The minimum atomic E-state index is -0.806. The first-order valence-corrected chi connectivity index (χ1v) is 7.11. The minimum Gasteiger partial charge on any atom is -0.482 e. The van der Waals surface area contributed by atoms with Crippen LogP contribution in [0, 0.1) is 11.6 Å². The molecule has 0 aliphatic rings. The normalized spacial score (nSPS) is 10.1. The van der Waals surface area contributed by atoms with Crippen molar-refractivity contribution in [2.24, 2.45) is 0 Å². The molecule has 0 fully saturated rings. The van der Waals surface area contributed by atoms with Gasteiger partial charge < -0.3 is 14.8 Å². The Labute approximate surface area is 141 Å². The molecule has 0 aromatic heterocycles. The van der Waals surface area contributed by atoms with Gasteiger partial charge in [0.2, 0.25) is 0 Å². The van der Waals surface area contributed by atoms with Crippen LogP contribution in [-0.4, -0.2) is 25.1 Å². The van der Waals surface area contributed by atoms with Crippen molar-refractivity contribution in [3.63, 3.8) is 0 Å². The van der Waals surface area contributed by atoms with Crippen LogP contribution in [0.15, 0.2) is 42.5 Å². The molecular formula is C16H12ClF2NO4. The van der Waals surface area contributed by atoms with Crippen LogP contribution < -0.4 is 10.1 Å². The van der Waals surface area contributed by atoms with Gasteiger partial charge in [-0.1, -0.05) is 17.7 Å². The predicted molar refractivity (Wildman–Crippen MR) is 82.9 cm³/mol. The molecule has 0 aliphatic heterocycles. The molecule has 2 aromatic rings. The van der Waals surface area contributed by atoms with Gasteiger partial charge in [-0.3, -0.25) is 4.79 Å². The van der Waals surface area contributed by atoms with Crippen LogP contribution >= 0.6 is 11.6 Å². The van der Waals surface area contributed by atoms with E-state index >= 15 is 0 Å². The average Bonchev–Trinajstić information content (AvgIpc) is 2.54. The van der Waals surface area contributed by atoms with E-state index in [1.807, 2.05) is 0 Å². The van der Waals surface area contributed by atoms with Gasteiger partial charge in [-0.25, -0.2) is 13.6 Å². The Morgan fingerprint density at radius 3 is 2.50 bits per heavy atom. The van der Waals surface area contributed by atoms with Gasteiger partial charge in [-0.15, -0.1) is 0 Å². The largest absolute Gasteiger partial charge is 0.482 e. The molecule has 0 spiro atoms. The van der Waals surface area contributed by atoms with E-state index in [-0.39, 0.29) is 16.5 Å². The molecule has 0 bridgehead atoms. The Kier molecular flexibility index (Phi) is 6.08. The van der Waals surface area contributed by atoms with Crippen molar-refractivity contribution in [3.8, 4) is 5.75 Å². The van der Waals surface area contributed by atoms with Gasteiger partial charge in [-0.2, -0.15) is 0 Å². The predicted octanol–water partition coefficient (Wildman–Crippen LogP) is 3.18. The smallest absolute Gasteiger partial charge is 0.344 e. The SMILES string of the molecule is O=C(COC(=O)COc1cccc(F)c1)Nc1ccc(F)cc1Cl. The lowest BCUT2D eigenvalue weighted by Crippen LogP contribution is -2.23. The molecule has 0 radical (unpaired) electrons. The van der Waals surface area contributed by atoms with Crippen LogP contribution in [-0.2, 0) is 14.3 Å². The second-order valence-corrected chi connectivity index (χ2v) is 4.99. The lowest BCUT2D eigenvalue weighted by molar-refractivity contribution is -0.149. The maximum atomic E-state index is 12.9. The van der Waals surface area contributed by atoms with Gasteiger partial charge in [0.1, 0.15) is 17.4 Å². The van der Waals surface area contributed by atoms with Gasteiger partial charge in [0.15, 0.2) is 13.2 Å². The maximum Gasteiger partial charge on any atom is 0.344 e. The zero-order valence-electron chi connectivity index (χ0n) is 12.2. The molecule has 5 nitrogen and oxygen atoms in total. The number of halogens is 3. The second-order valence-electron chi connectivity index (χ2n) is 4.58. The summed E-state index contributed by atoms with van der Waals surface area (Å²) < 4.78 is 35.5. The minimum absolute atomic E-state index is 0.0177. The summed E-state index contributed by atoms with van der Waals surface area (Å²) in [6.07, 6.45) is 0. The van der Waals surface area contributed by atoms with Crippen LogP contribution in [0.3, 0.4) is 0 Å². The zero-order valence-corrected chi connectivity index (χ0v) is 13.0. The van der Waals surface area contributed by atoms with Gasteiger partial charge in [0.05, 0.1) is 10.7 Å². The Morgan fingerprint density at radius 1 is 1.04 bits per heavy atom. The van der Waals surface area contributed by atoms with Gasteiger partial charge in [0.25, 0.3) is 5.91 Å². The van der Waals surface area contributed by atoms with Crippen molar-refractivity contribution in [2.75, 3.05) is 18.5 Å². The lowest BCUT2D eigenvalue weighted by Gasteiger charge is -2.09. The molecule has 0 atom stereocenters. The fourth-order valence-corrected chi connectivity index (χ4v) is 1.88. The topological polar surface area (TPSA) is 64.6 Å². The number of anilines is 1. The van der Waals surface area contributed by atoms with Crippen LogP contribution in [0.4, 0.5) is 14.5 Å². The Hall–Kier alpha value is -2.67. The van der Waals surface area contributed by atoms with Crippen molar-refractivity contribution in [3.05, 3.63) is 59.1 Å². The highest BCUT2D eigenvalue weighted by atomic mass is 35.5. The maximum absolute atomic E-state index is 12.9. The van der Waals surface area contributed by atoms with Crippen molar-refractivity contribution in [1.82, 2.24) is 0 Å². The molecule has 0 heterocycles. The Bertz CT molecular complexity index is 755. The van der Waals surface area contributed by atoms with E-state index in [9.17, 15) is 18.4 Å². The highest BCUT2D eigenvalue weighted by molar-refractivity contribution is 6.33. The van der Waals surface area contributed by atoms with E-state index < -0.39 is 36.7 Å². The summed E-state index contributed by atoms with van der Waals surface area (Å²) in [4.78, 5) is 23.1. The molecule has 24 heavy (non-hydrogen) atoms. The summed E-state index contributed by atoms with van der Waals surface area (Å²) in [6.45, 7) is -1.05. The lowest BCUT2D eigenvalue weighted by atomic mass is 10.3. The van der Waals surface area contributed by atoms with E-state index in [1.54, 1.807) is 0 Å². The third-order valence-electron chi connectivity index (χ3n) is 2.72. The average molecular weight is 356 g/mol. The van der Waals surface area contributed by atoms with Crippen LogP contribution in [0.1, 0.15) is 0 Å². The van der Waals surface area contributed by atoms with Gasteiger partial charge in [0, 0.05) is 6.07 Å². The summed E-state index contributed by atoms with van der Waals surface area (Å²) in [5.41, 5.74) is 0.190. The molecule has 8 heteroatoms. The highest BCUT2D eigenvalue weighted by Crippen LogP contribution is 2.22. The number of carbonyl (C=O) groups excluding carboxylic acids is 2. The summed E-state index contributed by atoms with van der Waals surface area (Å²) in [5, 5.41) is 2.39. The fraction of sp³-hybridized carbons (Fsp3) is 0.125. The van der Waals surface area contributed by atoms with Crippen LogP contribution in [0.5, 0.6) is 5.75 Å². The second kappa shape index (κ2) is 8.26. The summed E-state index contributed by atoms with van der Waals surface area (Å²) in [7, 11) is 0. The van der Waals surface area contributed by atoms with Gasteiger partial charge >= 0.3 is 5.97 Å². The molecule has 2 rings (SSSR count). The van der Waals surface area contributed by atoms with E-state index in [1.165, 1.54) is 24.3 Å². The number of hydrogen-bond donors (Lipinski definition) is 1. The highest BCUT2D eigenvalue weighted by Gasteiger charge is 2.11. The molecule has 126 valence electrons. The van der Waals surface area contributed by atoms with Crippen molar-refractivity contribution >= 4 is 29.2 Å². The van der Waals surface area contributed by atoms with Crippen molar-refractivity contribution in [1.29, 1.82) is 0 Å². The van der Waals surface area contributed by atoms with E-state index in [4.69, 9.17) is 21.1 Å². The van der Waals surface area contributed by atoms with Crippen molar-refractivity contribution in [2.45, 2.75) is 0 Å². The molecule has 1 N–H and O–H groups in total. The van der Waals surface area contributed by atoms with Crippen molar-refractivity contribution < 1.29 is 27.8 Å². The van der Waals surface area contributed by atoms with Gasteiger partial charge in [-0.05, 0) is 30.3 Å². The van der Waals surface area contributed by atoms with E-state index in [0.29, 0.717) is 0 Å². The van der Waals surface area contributed by atoms with E-state index in [2.05, 4.69) is 5.32 Å². The standard InChI is InChI=1S/C16H12ClF2NO4/c17-13-7-11(19)4-5-14(13)20-15(21)8-24-16(22)9-23-12-3-1-2-10(18)6-12/h1-7H,8-9H2,(H,20,21). The first-order valence-electron chi connectivity index (χ1n) is 6.73. The number of hydrogen-bond acceptors (Lipinski definition) is 4. The number of amides is 1. The number of ether oxygens (including phenoxy) is 2. The molecule has 0 saturated carbocycles. The summed E-state index contributed by atoms with van der Waals surface area (Å²) in [5.74, 6) is -2.34. The molecule has 0 aliphatic carbocycles. The molecule has 1 amide bonds. The Balaban J connectivity index is 1.75. The molecule has 0 unspecified atom stereocenters. The third kappa shape index (κ3) is 5.51. The molecule has 2 aromatic carbocycles. The summed E-state index contributed by atoms with van der Waals surface area (Å²) >= 11 is 5.75. The first kappa shape index (κ1) is 17.7.